The number of carbonyl (C=O) groups excluding carboxylic acids is 1. The molecule has 0 saturated heterocycles. The van der Waals surface area contributed by atoms with Gasteiger partial charge in [-0.3, -0.25) is 9.59 Å². The Morgan fingerprint density at radius 3 is 1.95 bits per heavy atom. The first-order valence-corrected chi connectivity index (χ1v) is 14.6. The molecule has 1 amide bonds. The van der Waals surface area contributed by atoms with E-state index in [-0.39, 0.29) is 30.2 Å². The Labute approximate surface area is 238 Å². The summed E-state index contributed by atoms with van der Waals surface area (Å²) in [5.74, 6) is -1.57. The standard InChI is InChI=1S/C31H29ClN2O5S/c32-27-16-12-24(13-17-27)25-14-18-28(19-15-25)40(38,39)34-29(31(36)37)7-4-20-33-30(35)26-10-8-23(9-11-26)21-22-5-2-1-3-6-22/h1-3,5-6,8-19,29,34H,4,7,20-21H2,(H,33,35)(H,36,37)/t29-/m0/s1. The molecule has 0 aromatic heterocycles. The van der Waals surface area contributed by atoms with Gasteiger partial charge in [-0.15, -0.1) is 0 Å². The molecule has 0 aliphatic carbocycles. The fraction of sp³-hybridized carbons (Fsp3) is 0.161. The number of carbonyl (C=O) groups is 2. The summed E-state index contributed by atoms with van der Waals surface area (Å²) in [7, 11) is -4.07. The lowest BCUT2D eigenvalue weighted by Crippen LogP contribution is -2.41. The van der Waals surface area contributed by atoms with Crippen LogP contribution in [0.4, 0.5) is 0 Å². The average molecular weight is 577 g/mol. The van der Waals surface area contributed by atoms with Gasteiger partial charge in [0.2, 0.25) is 10.0 Å². The molecular formula is C31H29ClN2O5S. The van der Waals surface area contributed by atoms with Gasteiger partial charge < -0.3 is 10.4 Å². The van der Waals surface area contributed by atoms with Gasteiger partial charge in [0.05, 0.1) is 4.90 Å². The van der Waals surface area contributed by atoms with Crippen LogP contribution in [0.1, 0.15) is 34.3 Å². The molecule has 0 radical (unpaired) electrons. The minimum atomic E-state index is -4.07. The Kier molecular flexibility index (Phi) is 9.71. The SMILES string of the molecule is O=C(NCCC[C@H](NS(=O)(=O)c1ccc(-c2ccc(Cl)cc2)cc1)C(=O)O)c1ccc(Cc2ccccc2)cc1. The molecule has 0 aliphatic heterocycles. The van der Waals surface area contributed by atoms with Crippen LogP contribution >= 0.6 is 11.6 Å². The van der Waals surface area contributed by atoms with Crippen molar-refractivity contribution in [2.24, 2.45) is 0 Å². The summed E-state index contributed by atoms with van der Waals surface area (Å²) in [6, 6.07) is 29.3. The highest BCUT2D eigenvalue weighted by Crippen LogP contribution is 2.23. The van der Waals surface area contributed by atoms with E-state index < -0.39 is 22.0 Å². The Morgan fingerprint density at radius 2 is 1.35 bits per heavy atom. The van der Waals surface area contributed by atoms with Crippen molar-refractivity contribution in [1.82, 2.24) is 10.0 Å². The van der Waals surface area contributed by atoms with E-state index in [1.54, 1.807) is 36.4 Å². The van der Waals surface area contributed by atoms with Crippen LogP contribution < -0.4 is 10.0 Å². The van der Waals surface area contributed by atoms with Crippen LogP contribution in [0.3, 0.4) is 0 Å². The molecule has 4 aromatic rings. The third-order valence-corrected chi connectivity index (χ3v) is 8.10. The zero-order valence-corrected chi connectivity index (χ0v) is 23.2. The highest BCUT2D eigenvalue weighted by molar-refractivity contribution is 7.89. The molecule has 7 nitrogen and oxygen atoms in total. The number of halogens is 1. The number of hydrogen-bond acceptors (Lipinski definition) is 4. The lowest BCUT2D eigenvalue weighted by atomic mass is 10.0. The molecule has 40 heavy (non-hydrogen) atoms. The molecule has 0 bridgehead atoms. The quantitative estimate of drug-likeness (QED) is 0.192. The molecule has 0 aliphatic rings. The van der Waals surface area contributed by atoms with Crippen LogP contribution in [0, 0.1) is 0 Å². The fourth-order valence-electron chi connectivity index (χ4n) is 4.17. The zero-order valence-electron chi connectivity index (χ0n) is 21.6. The Hall–Kier alpha value is -3.98. The summed E-state index contributed by atoms with van der Waals surface area (Å²) in [4.78, 5) is 24.2. The number of amides is 1. The first-order valence-electron chi connectivity index (χ1n) is 12.7. The van der Waals surface area contributed by atoms with Crippen molar-refractivity contribution in [3.63, 3.8) is 0 Å². The van der Waals surface area contributed by atoms with Crippen LogP contribution in [0.5, 0.6) is 0 Å². The van der Waals surface area contributed by atoms with Gasteiger partial charge in [0.15, 0.2) is 0 Å². The van der Waals surface area contributed by atoms with Gasteiger partial charge in [-0.1, -0.05) is 78.3 Å². The summed E-state index contributed by atoms with van der Waals surface area (Å²) in [5.41, 5.74) is 4.42. The number of sulfonamides is 1. The first kappa shape index (κ1) is 29.0. The molecule has 0 unspecified atom stereocenters. The molecule has 9 heteroatoms. The van der Waals surface area contributed by atoms with Gasteiger partial charge in [-0.05, 0) is 77.9 Å². The van der Waals surface area contributed by atoms with E-state index in [0.717, 1.165) is 23.1 Å². The van der Waals surface area contributed by atoms with Gasteiger partial charge in [0, 0.05) is 17.1 Å². The number of carboxylic acid groups (broad SMARTS) is 1. The minimum absolute atomic E-state index is 0.00765. The maximum atomic E-state index is 12.8. The maximum Gasteiger partial charge on any atom is 0.321 e. The number of nitrogens with one attached hydrogen (secondary N) is 2. The largest absolute Gasteiger partial charge is 0.480 e. The second kappa shape index (κ2) is 13.4. The van der Waals surface area contributed by atoms with E-state index in [9.17, 15) is 23.1 Å². The highest BCUT2D eigenvalue weighted by Gasteiger charge is 2.25. The third-order valence-electron chi connectivity index (χ3n) is 6.36. The predicted molar refractivity (Wildman–Crippen MR) is 156 cm³/mol. The number of benzene rings is 4. The molecule has 4 aromatic carbocycles. The Balaban J connectivity index is 1.27. The summed E-state index contributed by atoms with van der Waals surface area (Å²) >= 11 is 5.92. The van der Waals surface area contributed by atoms with Gasteiger partial charge in [0.25, 0.3) is 5.91 Å². The predicted octanol–water partition coefficient (Wildman–Crippen LogP) is 5.54. The summed E-state index contributed by atoms with van der Waals surface area (Å²) in [6.45, 7) is 0.200. The van der Waals surface area contributed by atoms with E-state index in [0.29, 0.717) is 10.6 Å². The number of aliphatic carboxylic acids is 1. The van der Waals surface area contributed by atoms with Gasteiger partial charge in [0.1, 0.15) is 6.04 Å². The van der Waals surface area contributed by atoms with Crippen molar-refractivity contribution in [2.45, 2.75) is 30.2 Å². The van der Waals surface area contributed by atoms with Crippen LogP contribution in [-0.2, 0) is 21.2 Å². The molecule has 0 spiro atoms. The van der Waals surface area contributed by atoms with Crippen molar-refractivity contribution in [1.29, 1.82) is 0 Å². The van der Waals surface area contributed by atoms with E-state index in [1.807, 2.05) is 54.6 Å². The van der Waals surface area contributed by atoms with E-state index in [1.165, 1.54) is 17.7 Å². The number of carboxylic acids is 1. The van der Waals surface area contributed by atoms with Crippen molar-refractivity contribution < 1.29 is 23.1 Å². The zero-order chi connectivity index (χ0) is 28.5. The Bertz CT molecular complexity index is 1540. The molecule has 4 rings (SSSR count). The first-order chi connectivity index (χ1) is 19.2. The smallest absolute Gasteiger partial charge is 0.321 e. The topological polar surface area (TPSA) is 113 Å². The van der Waals surface area contributed by atoms with Crippen molar-refractivity contribution in [2.75, 3.05) is 6.54 Å². The van der Waals surface area contributed by atoms with Crippen molar-refractivity contribution in [3.05, 3.63) is 125 Å². The van der Waals surface area contributed by atoms with E-state index >= 15 is 0 Å². The third kappa shape index (κ3) is 8.02. The molecule has 0 saturated carbocycles. The molecule has 1 atom stereocenters. The number of hydrogen-bond donors (Lipinski definition) is 3. The average Bonchev–Trinajstić information content (AvgIpc) is 2.96. The Morgan fingerprint density at radius 1 is 0.775 bits per heavy atom. The van der Waals surface area contributed by atoms with Crippen molar-refractivity contribution >= 4 is 33.5 Å². The molecule has 0 heterocycles. The summed E-state index contributed by atoms with van der Waals surface area (Å²) in [5, 5.41) is 13.0. The van der Waals surface area contributed by atoms with E-state index in [2.05, 4.69) is 10.0 Å². The minimum Gasteiger partial charge on any atom is -0.480 e. The second-order valence-corrected chi connectivity index (χ2v) is 11.5. The lowest BCUT2D eigenvalue weighted by molar-refractivity contribution is -0.139. The fourth-order valence-corrected chi connectivity index (χ4v) is 5.52. The van der Waals surface area contributed by atoms with Gasteiger partial charge >= 0.3 is 5.97 Å². The lowest BCUT2D eigenvalue weighted by Gasteiger charge is -2.15. The van der Waals surface area contributed by atoms with Crippen LogP contribution in [0.2, 0.25) is 5.02 Å². The molecule has 0 fully saturated rings. The van der Waals surface area contributed by atoms with E-state index in [4.69, 9.17) is 11.6 Å². The highest BCUT2D eigenvalue weighted by atomic mass is 35.5. The van der Waals surface area contributed by atoms with Crippen LogP contribution in [0.25, 0.3) is 11.1 Å². The van der Waals surface area contributed by atoms with Gasteiger partial charge in [-0.25, -0.2) is 8.42 Å². The monoisotopic (exact) mass is 576 g/mol. The summed E-state index contributed by atoms with van der Waals surface area (Å²) < 4.78 is 28.0. The molecule has 3 N–H and O–H groups in total. The van der Waals surface area contributed by atoms with Gasteiger partial charge in [-0.2, -0.15) is 4.72 Å². The van der Waals surface area contributed by atoms with Crippen LogP contribution in [-0.4, -0.2) is 38.0 Å². The number of rotatable bonds is 12. The van der Waals surface area contributed by atoms with Crippen molar-refractivity contribution in [3.8, 4) is 11.1 Å². The molecular weight excluding hydrogens is 548 g/mol. The molecule has 206 valence electrons. The summed E-state index contributed by atoms with van der Waals surface area (Å²) in [6.07, 6.45) is 1.04. The second-order valence-electron chi connectivity index (χ2n) is 9.30. The maximum absolute atomic E-state index is 12.8. The van der Waals surface area contributed by atoms with Crippen LogP contribution in [0.15, 0.2) is 108 Å². The normalized spacial score (nSPS) is 12.0.